The van der Waals surface area contributed by atoms with Crippen molar-refractivity contribution in [2.24, 2.45) is 0 Å². The maximum atomic E-state index is 11.4. The van der Waals surface area contributed by atoms with E-state index in [1.807, 2.05) is 13.8 Å². The lowest BCUT2D eigenvalue weighted by molar-refractivity contribution is -0.159. The van der Waals surface area contributed by atoms with Crippen molar-refractivity contribution in [1.29, 1.82) is 0 Å². The summed E-state index contributed by atoms with van der Waals surface area (Å²) in [6.07, 6.45) is -3.43. The lowest BCUT2D eigenvalue weighted by Gasteiger charge is -2.19. The third-order valence-electron chi connectivity index (χ3n) is 3.01. The quantitative estimate of drug-likeness (QED) is 0.533. The van der Waals surface area contributed by atoms with E-state index in [0.717, 1.165) is 5.56 Å². The molecule has 0 fully saturated rings. The minimum atomic E-state index is -1.61. The van der Waals surface area contributed by atoms with Crippen LogP contribution >= 0.6 is 0 Å². The second kappa shape index (κ2) is 9.53. The number of benzene rings is 1. The van der Waals surface area contributed by atoms with Gasteiger partial charge >= 0.3 is 5.97 Å². The zero-order valence-corrected chi connectivity index (χ0v) is 13.2. The second-order valence-electron chi connectivity index (χ2n) is 4.55. The Morgan fingerprint density at radius 3 is 1.91 bits per heavy atom. The first kappa shape index (κ1) is 18.6. The first-order chi connectivity index (χ1) is 10.5. The Hall–Kier alpha value is -1.47. The van der Waals surface area contributed by atoms with Crippen LogP contribution in [0.1, 0.15) is 44.3 Å². The number of aliphatic hydroxyl groups is 2. The summed E-state index contributed by atoms with van der Waals surface area (Å²) in [4.78, 5) is 11.4. The van der Waals surface area contributed by atoms with Crippen molar-refractivity contribution < 1.29 is 29.2 Å². The normalized spacial score (nSPS) is 13.9. The van der Waals surface area contributed by atoms with Crippen LogP contribution in [0.3, 0.4) is 0 Å². The first-order valence-electron chi connectivity index (χ1n) is 7.40. The fourth-order valence-corrected chi connectivity index (χ4v) is 1.93. The van der Waals surface area contributed by atoms with E-state index in [9.17, 15) is 15.0 Å². The van der Waals surface area contributed by atoms with Crippen molar-refractivity contribution in [3.8, 4) is 0 Å². The van der Waals surface area contributed by atoms with Crippen LogP contribution in [-0.2, 0) is 19.0 Å². The summed E-state index contributed by atoms with van der Waals surface area (Å²) in [5.74, 6) is -0.847. The van der Waals surface area contributed by atoms with Crippen LogP contribution < -0.4 is 0 Å². The zero-order valence-electron chi connectivity index (χ0n) is 13.2. The van der Waals surface area contributed by atoms with Crippen molar-refractivity contribution in [1.82, 2.24) is 0 Å². The zero-order chi connectivity index (χ0) is 16.5. The predicted octanol–water partition coefficient (Wildman–Crippen LogP) is 1.72. The molecule has 0 aromatic heterocycles. The number of esters is 1. The van der Waals surface area contributed by atoms with Gasteiger partial charge in [0.05, 0.1) is 6.61 Å². The number of aliphatic hydroxyl groups excluding tert-OH is 2. The molecule has 2 atom stereocenters. The molecule has 0 spiro atoms. The topological polar surface area (TPSA) is 85.2 Å². The van der Waals surface area contributed by atoms with Gasteiger partial charge in [0.25, 0.3) is 0 Å². The number of hydrogen-bond acceptors (Lipinski definition) is 6. The molecule has 0 saturated carbocycles. The fraction of sp³-hybridized carbons (Fsp3) is 0.562. The summed E-state index contributed by atoms with van der Waals surface area (Å²) in [5, 5.41) is 19.8. The minimum absolute atomic E-state index is 0.145. The Morgan fingerprint density at radius 2 is 1.45 bits per heavy atom. The van der Waals surface area contributed by atoms with Crippen molar-refractivity contribution in [2.45, 2.75) is 39.3 Å². The highest BCUT2D eigenvalue weighted by molar-refractivity contribution is 5.75. The standard InChI is InChI=1S/C16H24O6/c1-4-20-15(19)14(18)13(17)11-7-9-12(10-8-11)16(21-5-2)22-6-3/h7-10,13-14,16-18H,4-6H2,1-3H3. The highest BCUT2D eigenvalue weighted by atomic mass is 16.7. The molecule has 22 heavy (non-hydrogen) atoms. The van der Waals surface area contributed by atoms with Crippen LogP contribution in [0.2, 0.25) is 0 Å². The van der Waals surface area contributed by atoms with Gasteiger partial charge in [0, 0.05) is 18.8 Å². The first-order valence-corrected chi connectivity index (χ1v) is 7.40. The monoisotopic (exact) mass is 312 g/mol. The molecule has 0 aliphatic carbocycles. The molecule has 0 bridgehead atoms. The van der Waals surface area contributed by atoms with Crippen LogP contribution in [0, 0.1) is 0 Å². The van der Waals surface area contributed by atoms with Crippen molar-refractivity contribution in [3.05, 3.63) is 35.4 Å². The molecule has 6 heteroatoms. The summed E-state index contributed by atoms with van der Waals surface area (Å²) in [6, 6.07) is 6.69. The molecule has 1 aromatic rings. The van der Waals surface area contributed by atoms with E-state index in [0.29, 0.717) is 18.8 Å². The maximum Gasteiger partial charge on any atom is 0.338 e. The van der Waals surface area contributed by atoms with Gasteiger partial charge in [0.1, 0.15) is 6.10 Å². The van der Waals surface area contributed by atoms with Crippen molar-refractivity contribution >= 4 is 5.97 Å². The number of rotatable bonds is 9. The number of hydrogen-bond donors (Lipinski definition) is 2. The van der Waals surface area contributed by atoms with Gasteiger partial charge in [-0.15, -0.1) is 0 Å². The summed E-state index contributed by atoms with van der Waals surface area (Å²) >= 11 is 0. The van der Waals surface area contributed by atoms with Gasteiger partial charge in [0.15, 0.2) is 12.4 Å². The SMILES string of the molecule is CCOC(=O)C(O)C(O)c1ccc(C(OCC)OCC)cc1. The summed E-state index contributed by atoms with van der Waals surface area (Å²) in [7, 11) is 0. The summed E-state index contributed by atoms with van der Waals surface area (Å²) in [5.41, 5.74) is 1.21. The van der Waals surface area contributed by atoms with E-state index in [-0.39, 0.29) is 6.61 Å². The molecule has 1 rings (SSSR count). The second-order valence-corrected chi connectivity index (χ2v) is 4.55. The van der Waals surface area contributed by atoms with Crippen LogP contribution in [-0.4, -0.2) is 42.1 Å². The van der Waals surface area contributed by atoms with Crippen LogP contribution in [0.15, 0.2) is 24.3 Å². The molecule has 0 saturated heterocycles. The molecule has 2 N–H and O–H groups in total. The molecule has 0 radical (unpaired) electrons. The third-order valence-corrected chi connectivity index (χ3v) is 3.01. The summed E-state index contributed by atoms with van der Waals surface area (Å²) in [6.45, 7) is 6.55. The minimum Gasteiger partial charge on any atom is -0.464 e. The molecule has 2 unspecified atom stereocenters. The molecule has 6 nitrogen and oxygen atoms in total. The van der Waals surface area contributed by atoms with Crippen LogP contribution in [0.5, 0.6) is 0 Å². The van der Waals surface area contributed by atoms with Gasteiger partial charge in [0.2, 0.25) is 0 Å². The molecule has 0 aliphatic rings. The smallest absolute Gasteiger partial charge is 0.338 e. The maximum absolute atomic E-state index is 11.4. The molecule has 0 amide bonds. The Balaban J connectivity index is 2.80. The fourth-order valence-electron chi connectivity index (χ4n) is 1.93. The van der Waals surface area contributed by atoms with Crippen molar-refractivity contribution in [3.63, 3.8) is 0 Å². The highest BCUT2D eigenvalue weighted by Gasteiger charge is 2.27. The third kappa shape index (κ3) is 5.06. The van der Waals surface area contributed by atoms with E-state index >= 15 is 0 Å². The molecular formula is C16H24O6. The van der Waals surface area contributed by atoms with Gasteiger partial charge in [-0.3, -0.25) is 0 Å². The van der Waals surface area contributed by atoms with Gasteiger partial charge in [-0.25, -0.2) is 4.79 Å². The predicted molar refractivity (Wildman–Crippen MR) is 80.0 cm³/mol. The Morgan fingerprint density at radius 1 is 0.955 bits per heavy atom. The average Bonchev–Trinajstić information content (AvgIpc) is 2.53. The molecule has 124 valence electrons. The lowest BCUT2D eigenvalue weighted by Crippen LogP contribution is -2.29. The Kier molecular flexibility index (Phi) is 8.05. The van der Waals surface area contributed by atoms with Gasteiger partial charge in [-0.1, -0.05) is 24.3 Å². The highest BCUT2D eigenvalue weighted by Crippen LogP contribution is 2.23. The largest absolute Gasteiger partial charge is 0.464 e. The van der Waals surface area contributed by atoms with Gasteiger partial charge in [-0.05, 0) is 26.3 Å². The van der Waals surface area contributed by atoms with E-state index in [1.54, 1.807) is 31.2 Å². The molecular weight excluding hydrogens is 288 g/mol. The lowest BCUT2D eigenvalue weighted by atomic mass is 10.0. The van der Waals surface area contributed by atoms with E-state index < -0.39 is 24.5 Å². The van der Waals surface area contributed by atoms with E-state index in [1.165, 1.54) is 0 Å². The molecule has 0 heterocycles. The van der Waals surface area contributed by atoms with Gasteiger partial charge < -0.3 is 24.4 Å². The number of ether oxygens (including phenoxy) is 3. The average molecular weight is 312 g/mol. The number of carbonyl (C=O) groups excluding carboxylic acids is 1. The van der Waals surface area contributed by atoms with Crippen LogP contribution in [0.4, 0.5) is 0 Å². The number of carbonyl (C=O) groups is 1. The Labute approximate surface area is 130 Å². The van der Waals surface area contributed by atoms with Crippen LogP contribution in [0.25, 0.3) is 0 Å². The van der Waals surface area contributed by atoms with E-state index in [4.69, 9.17) is 9.47 Å². The van der Waals surface area contributed by atoms with E-state index in [2.05, 4.69) is 4.74 Å². The van der Waals surface area contributed by atoms with Crippen molar-refractivity contribution in [2.75, 3.05) is 19.8 Å². The Bertz CT molecular complexity index is 438. The molecule has 1 aromatic carbocycles. The molecule has 0 aliphatic heterocycles. The summed E-state index contributed by atoms with van der Waals surface area (Å²) < 4.78 is 15.6. The van der Waals surface area contributed by atoms with Gasteiger partial charge in [-0.2, -0.15) is 0 Å².